The summed E-state index contributed by atoms with van der Waals surface area (Å²) in [6.45, 7) is 1.32. The van der Waals surface area contributed by atoms with Gasteiger partial charge in [0.05, 0.1) is 10.6 Å². The molecule has 1 aliphatic heterocycles. The van der Waals surface area contributed by atoms with E-state index in [1.54, 1.807) is 30.7 Å². The van der Waals surface area contributed by atoms with Crippen molar-refractivity contribution < 1.29 is 9.59 Å². The molecule has 35 heavy (non-hydrogen) atoms. The second-order valence-electron chi connectivity index (χ2n) is 7.87. The van der Waals surface area contributed by atoms with E-state index >= 15 is 0 Å². The predicted molar refractivity (Wildman–Crippen MR) is 140 cm³/mol. The van der Waals surface area contributed by atoms with E-state index in [2.05, 4.69) is 31.7 Å². The van der Waals surface area contributed by atoms with Crippen molar-refractivity contribution in [1.29, 1.82) is 0 Å². The van der Waals surface area contributed by atoms with Crippen molar-refractivity contribution in [3.63, 3.8) is 0 Å². The molecule has 176 valence electrons. The highest BCUT2D eigenvalue weighted by Gasteiger charge is 2.20. The van der Waals surface area contributed by atoms with Gasteiger partial charge in [-0.3, -0.25) is 20.4 Å². The summed E-state index contributed by atoms with van der Waals surface area (Å²) in [5.74, 6) is -0.205. The van der Waals surface area contributed by atoms with Crippen LogP contribution in [0.25, 0.3) is 16.5 Å². The van der Waals surface area contributed by atoms with E-state index in [-0.39, 0.29) is 11.9 Å². The van der Waals surface area contributed by atoms with Crippen LogP contribution in [0.1, 0.15) is 28.9 Å². The van der Waals surface area contributed by atoms with Crippen molar-refractivity contribution in [2.24, 2.45) is 0 Å². The average molecular weight is 503 g/mol. The van der Waals surface area contributed by atoms with Crippen molar-refractivity contribution in [2.45, 2.75) is 12.8 Å². The number of nitrogens with zero attached hydrogens (tertiary/aromatic N) is 4. The fourth-order valence-electron chi connectivity index (χ4n) is 3.69. The smallest absolute Gasteiger partial charge is 0.323 e. The first-order valence-corrected chi connectivity index (χ1v) is 12.8. The van der Waals surface area contributed by atoms with E-state index in [0.29, 0.717) is 28.9 Å². The number of carbonyl (C=O) groups excluding carboxylic acids is 2. The number of hydrogen-bond acceptors (Lipinski definition) is 7. The van der Waals surface area contributed by atoms with Gasteiger partial charge in [0.25, 0.3) is 5.91 Å². The molecule has 0 bridgehead atoms. The average Bonchev–Trinajstić information content (AvgIpc) is 3.58. The third kappa shape index (κ3) is 5.79. The Morgan fingerprint density at radius 2 is 1.74 bits per heavy atom. The molecule has 4 aromatic rings. The van der Waals surface area contributed by atoms with Gasteiger partial charge in [-0.1, -0.05) is 35.1 Å². The van der Waals surface area contributed by atoms with Crippen LogP contribution in [0.15, 0.2) is 72.0 Å². The van der Waals surface area contributed by atoms with E-state index in [9.17, 15) is 9.59 Å². The van der Waals surface area contributed by atoms with Crippen LogP contribution in [0.3, 0.4) is 0 Å². The van der Waals surface area contributed by atoms with Crippen LogP contribution in [0, 0.1) is 0 Å². The van der Waals surface area contributed by atoms with Gasteiger partial charge in [-0.25, -0.2) is 14.8 Å². The van der Waals surface area contributed by atoms with Gasteiger partial charge < -0.3 is 4.90 Å². The minimum atomic E-state index is -0.205. The molecular formula is C25H22N6O2S2. The van der Waals surface area contributed by atoms with Crippen LogP contribution >= 0.6 is 22.7 Å². The summed E-state index contributed by atoms with van der Waals surface area (Å²) in [6, 6.07) is 13.0. The molecule has 2 N–H and O–H groups in total. The zero-order chi connectivity index (χ0) is 24.0. The van der Waals surface area contributed by atoms with Crippen molar-refractivity contribution in [2.75, 3.05) is 23.7 Å². The van der Waals surface area contributed by atoms with Gasteiger partial charge >= 0.3 is 6.03 Å². The maximum Gasteiger partial charge on any atom is 0.323 e. The van der Waals surface area contributed by atoms with Crippen LogP contribution in [0.5, 0.6) is 0 Å². The number of urea groups is 1. The van der Waals surface area contributed by atoms with Crippen molar-refractivity contribution >= 4 is 51.0 Å². The third-order valence-corrected chi connectivity index (χ3v) is 7.19. The fourth-order valence-corrected chi connectivity index (χ4v) is 5.02. The molecule has 1 aliphatic rings. The summed E-state index contributed by atoms with van der Waals surface area (Å²) in [5, 5.41) is 8.60. The Bertz CT molecular complexity index is 1320. The summed E-state index contributed by atoms with van der Waals surface area (Å²) >= 11 is 2.77. The van der Waals surface area contributed by atoms with E-state index in [1.165, 1.54) is 28.2 Å². The molecule has 0 radical (unpaired) electrons. The summed E-state index contributed by atoms with van der Waals surface area (Å²) < 4.78 is 0. The van der Waals surface area contributed by atoms with Gasteiger partial charge in [0.15, 0.2) is 10.3 Å². The number of nitrogens with one attached hydrogen (secondary N) is 2. The molecule has 8 nitrogen and oxygen atoms in total. The molecule has 0 aliphatic carbocycles. The second-order valence-corrected chi connectivity index (χ2v) is 9.80. The molecule has 10 heteroatoms. The molecular weight excluding hydrogens is 480 g/mol. The van der Waals surface area contributed by atoms with Gasteiger partial charge in [-0.05, 0) is 48.7 Å². The molecule has 0 spiro atoms. The molecule has 4 heterocycles. The number of anilines is 2. The Kier molecular flexibility index (Phi) is 6.92. The minimum absolute atomic E-state index is 0.142. The molecule has 1 aromatic carbocycles. The number of carbonyl (C=O) groups is 2. The number of aromatic nitrogens is 3. The molecule has 1 saturated heterocycles. The number of piperidine rings is 1. The number of pyridine rings is 1. The molecule has 3 amide bonds. The largest absolute Gasteiger partial charge is 0.324 e. The molecule has 0 unspecified atom stereocenters. The number of benzene rings is 1. The normalized spacial score (nSPS) is 13.4. The lowest BCUT2D eigenvalue weighted by atomic mass is 10.0. The monoisotopic (exact) mass is 502 g/mol. The Labute approximate surface area is 210 Å². The van der Waals surface area contributed by atoms with E-state index in [4.69, 9.17) is 0 Å². The summed E-state index contributed by atoms with van der Waals surface area (Å²) in [4.78, 5) is 40.5. The van der Waals surface area contributed by atoms with E-state index in [0.717, 1.165) is 29.0 Å². The topological polar surface area (TPSA) is 100 Å². The number of amides is 3. The summed E-state index contributed by atoms with van der Waals surface area (Å²) in [5.41, 5.74) is 3.72. The Balaban J connectivity index is 1.15. The van der Waals surface area contributed by atoms with Crippen LogP contribution in [-0.2, 0) is 0 Å². The zero-order valence-electron chi connectivity index (χ0n) is 18.7. The summed E-state index contributed by atoms with van der Waals surface area (Å²) in [6.07, 6.45) is 8.93. The Morgan fingerprint density at radius 3 is 2.46 bits per heavy atom. The molecule has 3 aromatic heterocycles. The maximum absolute atomic E-state index is 12.7. The molecule has 5 rings (SSSR count). The van der Waals surface area contributed by atoms with Crippen LogP contribution < -0.4 is 10.6 Å². The Hall–Kier alpha value is -3.89. The SMILES string of the molecule is O=C(Nc1nccs1)c1ccc(-c2cnc(NC(=O)N3CCC(=Cc4ccccn4)CC3)s2)cc1. The number of thiazole rings is 2. The van der Waals surface area contributed by atoms with Gasteiger partial charge in [0.1, 0.15) is 0 Å². The van der Waals surface area contributed by atoms with Gasteiger partial charge in [-0.2, -0.15) is 0 Å². The van der Waals surface area contributed by atoms with Crippen molar-refractivity contribution in [1.82, 2.24) is 19.9 Å². The standard InChI is InChI=1S/C25H22N6O2S2/c32-22(29-23-27-11-14-34-23)19-6-4-18(5-7-19)21-16-28-24(35-21)30-25(33)31-12-8-17(9-13-31)15-20-3-1-2-10-26-20/h1-7,10-11,14-16H,8-9,12-13H2,(H,27,29,32)(H,28,30,33). The molecule has 0 saturated carbocycles. The first-order valence-electron chi connectivity index (χ1n) is 11.1. The van der Waals surface area contributed by atoms with Gasteiger partial charge in [0.2, 0.25) is 0 Å². The van der Waals surface area contributed by atoms with E-state index < -0.39 is 0 Å². The lowest BCUT2D eigenvalue weighted by Gasteiger charge is -2.28. The van der Waals surface area contributed by atoms with Crippen LogP contribution in [-0.4, -0.2) is 44.9 Å². The predicted octanol–water partition coefficient (Wildman–Crippen LogP) is 5.63. The van der Waals surface area contributed by atoms with Crippen molar-refractivity contribution in [3.8, 4) is 10.4 Å². The highest BCUT2D eigenvalue weighted by atomic mass is 32.1. The first kappa shape index (κ1) is 22.9. The third-order valence-electron chi connectivity index (χ3n) is 5.54. The second kappa shape index (κ2) is 10.6. The van der Waals surface area contributed by atoms with Crippen LogP contribution in [0.2, 0.25) is 0 Å². The summed E-state index contributed by atoms with van der Waals surface area (Å²) in [7, 11) is 0. The van der Waals surface area contributed by atoms with Gasteiger partial charge in [-0.15, -0.1) is 11.3 Å². The number of rotatable bonds is 5. The molecule has 0 atom stereocenters. The van der Waals surface area contributed by atoms with Crippen LogP contribution in [0.4, 0.5) is 15.1 Å². The Morgan fingerprint density at radius 1 is 0.914 bits per heavy atom. The maximum atomic E-state index is 12.7. The first-order chi connectivity index (χ1) is 17.1. The quantitative estimate of drug-likeness (QED) is 0.369. The highest BCUT2D eigenvalue weighted by molar-refractivity contribution is 7.19. The lowest BCUT2D eigenvalue weighted by Crippen LogP contribution is -2.39. The minimum Gasteiger partial charge on any atom is -0.324 e. The lowest BCUT2D eigenvalue weighted by molar-refractivity contribution is 0.102. The van der Waals surface area contributed by atoms with Gasteiger partial charge in [0, 0.05) is 42.6 Å². The van der Waals surface area contributed by atoms with E-state index in [1.807, 2.05) is 40.6 Å². The zero-order valence-corrected chi connectivity index (χ0v) is 20.3. The number of likely N-dealkylation sites (tertiary alicyclic amines) is 1. The number of hydrogen-bond donors (Lipinski definition) is 2. The van der Waals surface area contributed by atoms with Crippen molar-refractivity contribution in [3.05, 3.63) is 83.3 Å². The fraction of sp³-hybridized carbons (Fsp3) is 0.160. The highest BCUT2D eigenvalue weighted by Crippen LogP contribution is 2.30. The molecule has 1 fully saturated rings.